The van der Waals surface area contributed by atoms with Crippen LogP contribution >= 0.6 is 24.0 Å². The molecule has 2 unspecified atom stereocenters. The van der Waals surface area contributed by atoms with E-state index in [4.69, 9.17) is 16.6 Å². The van der Waals surface area contributed by atoms with Crippen molar-refractivity contribution >= 4 is 34.8 Å². The summed E-state index contributed by atoms with van der Waals surface area (Å²) in [6.45, 7) is 1.75. The molecule has 1 N–H and O–H groups in total. The van der Waals surface area contributed by atoms with Gasteiger partial charge in [0, 0.05) is 16.8 Å². The number of aromatic nitrogens is 1. The number of hydrogen-bond donors (Lipinski definition) is 1. The van der Waals surface area contributed by atoms with Gasteiger partial charge in [-0.2, -0.15) is 0 Å². The number of rotatable bonds is 5. The van der Waals surface area contributed by atoms with Gasteiger partial charge in [0.2, 0.25) is 0 Å². The number of nitrogens with one attached hydrogen (secondary N) is 1. The highest BCUT2D eigenvalue weighted by atomic mass is 32.2. The zero-order valence-corrected chi connectivity index (χ0v) is 18.9. The highest BCUT2D eigenvalue weighted by Gasteiger charge is 2.42. The lowest BCUT2D eigenvalue weighted by Crippen LogP contribution is -2.29. The molecule has 0 bridgehead atoms. The second kappa shape index (κ2) is 8.76. The van der Waals surface area contributed by atoms with Crippen LogP contribution in [0, 0.1) is 12.7 Å². The Bertz CT molecular complexity index is 1250. The van der Waals surface area contributed by atoms with Gasteiger partial charge in [-0.05, 0) is 79.3 Å². The summed E-state index contributed by atoms with van der Waals surface area (Å²) < 4.78 is 20.3. The fourth-order valence-electron chi connectivity index (χ4n) is 3.85. The molecule has 5 rings (SSSR count). The molecule has 0 radical (unpaired) electrons. The molecule has 0 aliphatic carbocycles. The van der Waals surface area contributed by atoms with E-state index in [1.165, 1.54) is 6.07 Å². The lowest BCUT2D eigenvalue weighted by atomic mass is 10.0. The average molecular weight is 462 g/mol. The minimum absolute atomic E-state index is 0.213. The largest absolute Gasteiger partial charge is 0.452 e. The van der Waals surface area contributed by atoms with E-state index in [0.29, 0.717) is 10.7 Å². The van der Waals surface area contributed by atoms with E-state index in [1.807, 2.05) is 65.6 Å². The third-order valence-corrected chi connectivity index (χ3v) is 6.62. The molecule has 7 heteroatoms. The predicted molar refractivity (Wildman–Crippen MR) is 128 cm³/mol. The van der Waals surface area contributed by atoms with Gasteiger partial charge in [-0.1, -0.05) is 36.0 Å². The number of thiocarbonyl (C=S) groups is 1. The van der Waals surface area contributed by atoms with Crippen LogP contribution in [0.5, 0.6) is 0 Å². The van der Waals surface area contributed by atoms with Crippen LogP contribution in [0.25, 0.3) is 0 Å². The molecule has 0 spiro atoms. The molecule has 4 aromatic rings. The monoisotopic (exact) mass is 461 g/mol. The molecule has 160 valence electrons. The summed E-state index contributed by atoms with van der Waals surface area (Å²) in [4.78, 5) is 7.63. The third-order valence-electron chi connectivity index (χ3n) is 5.37. The number of aryl methyl sites for hydroxylation is 1. The number of halogens is 1. The molecule has 2 atom stereocenters. The van der Waals surface area contributed by atoms with Crippen LogP contribution in [0.2, 0.25) is 0 Å². The smallest absolute Gasteiger partial charge is 0.174 e. The van der Waals surface area contributed by atoms with Gasteiger partial charge in [0.1, 0.15) is 17.6 Å². The summed E-state index contributed by atoms with van der Waals surface area (Å²) in [6.07, 6.45) is 1.76. The Labute approximate surface area is 195 Å². The Hall–Kier alpha value is -3.16. The molecule has 1 saturated heterocycles. The fraction of sp³-hybridized carbons (Fsp3) is 0.120. The maximum atomic E-state index is 14.0. The van der Waals surface area contributed by atoms with E-state index in [1.54, 1.807) is 37.0 Å². The van der Waals surface area contributed by atoms with Gasteiger partial charge in [-0.3, -0.25) is 4.98 Å². The first-order valence-electron chi connectivity index (χ1n) is 10.2. The van der Waals surface area contributed by atoms with Crippen LogP contribution in [0.4, 0.5) is 10.1 Å². The standard InChI is InChI=1S/C25H20FN3OS2/c1-16-15-17(10-11-19(16)26)29-24(23(28-25(29)31)20-9-5-6-14-27-20)21-12-13-22(30-21)32-18-7-3-2-4-8-18/h2-15,23-24H,1H3,(H,28,31). The molecule has 32 heavy (non-hydrogen) atoms. The van der Waals surface area contributed by atoms with Crippen molar-refractivity contribution in [3.05, 3.63) is 108 Å². The van der Waals surface area contributed by atoms with E-state index in [9.17, 15) is 4.39 Å². The highest BCUT2D eigenvalue weighted by molar-refractivity contribution is 7.99. The van der Waals surface area contributed by atoms with E-state index in [2.05, 4.69) is 10.3 Å². The molecule has 0 saturated carbocycles. The van der Waals surface area contributed by atoms with Crippen molar-refractivity contribution in [2.45, 2.75) is 29.0 Å². The molecule has 1 fully saturated rings. The van der Waals surface area contributed by atoms with Gasteiger partial charge in [0.15, 0.2) is 10.2 Å². The second-order valence-electron chi connectivity index (χ2n) is 7.50. The van der Waals surface area contributed by atoms with Gasteiger partial charge in [0.05, 0.1) is 11.7 Å². The summed E-state index contributed by atoms with van der Waals surface area (Å²) >= 11 is 7.27. The maximum Gasteiger partial charge on any atom is 0.174 e. The van der Waals surface area contributed by atoms with Gasteiger partial charge in [-0.25, -0.2) is 4.39 Å². The van der Waals surface area contributed by atoms with Crippen molar-refractivity contribution < 1.29 is 8.81 Å². The Balaban J connectivity index is 1.55. The molecule has 0 amide bonds. The van der Waals surface area contributed by atoms with Crippen molar-refractivity contribution in [2.75, 3.05) is 4.90 Å². The van der Waals surface area contributed by atoms with Gasteiger partial charge in [-0.15, -0.1) is 0 Å². The first kappa shape index (κ1) is 20.7. The van der Waals surface area contributed by atoms with Gasteiger partial charge < -0.3 is 14.6 Å². The van der Waals surface area contributed by atoms with Gasteiger partial charge in [0.25, 0.3) is 0 Å². The third kappa shape index (κ3) is 4.01. The summed E-state index contributed by atoms with van der Waals surface area (Å²) in [5.74, 6) is 0.512. The Morgan fingerprint density at radius 1 is 1.03 bits per heavy atom. The van der Waals surface area contributed by atoms with Crippen molar-refractivity contribution in [2.24, 2.45) is 0 Å². The quantitative estimate of drug-likeness (QED) is 0.345. The number of pyridine rings is 1. The maximum absolute atomic E-state index is 14.0. The zero-order valence-electron chi connectivity index (χ0n) is 17.2. The molecule has 3 heterocycles. The lowest BCUT2D eigenvalue weighted by Gasteiger charge is -2.26. The number of anilines is 1. The number of benzene rings is 2. The molecule has 1 aliphatic heterocycles. The fourth-order valence-corrected chi connectivity index (χ4v) is 5.00. The molecular weight excluding hydrogens is 441 g/mol. The van der Waals surface area contributed by atoms with E-state index in [-0.39, 0.29) is 17.9 Å². The summed E-state index contributed by atoms with van der Waals surface area (Å²) in [6, 6.07) is 24.4. The number of furan rings is 1. The minimum Gasteiger partial charge on any atom is -0.452 e. The first-order valence-corrected chi connectivity index (χ1v) is 11.4. The van der Waals surface area contributed by atoms with Crippen molar-refractivity contribution in [1.29, 1.82) is 0 Å². The highest BCUT2D eigenvalue weighted by Crippen LogP contribution is 2.43. The van der Waals surface area contributed by atoms with Crippen LogP contribution in [-0.2, 0) is 0 Å². The Morgan fingerprint density at radius 3 is 2.59 bits per heavy atom. The van der Waals surface area contributed by atoms with E-state index < -0.39 is 0 Å². The van der Waals surface area contributed by atoms with Crippen molar-refractivity contribution in [1.82, 2.24) is 10.3 Å². The molecule has 2 aromatic carbocycles. The topological polar surface area (TPSA) is 41.3 Å². The first-order chi connectivity index (χ1) is 15.6. The van der Waals surface area contributed by atoms with Crippen LogP contribution in [0.1, 0.15) is 29.1 Å². The van der Waals surface area contributed by atoms with Crippen LogP contribution < -0.4 is 10.2 Å². The lowest BCUT2D eigenvalue weighted by molar-refractivity contribution is 0.383. The van der Waals surface area contributed by atoms with Crippen LogP contribution in [0.3, 0.4) is 0 Å². The summed E-state index contributed by atoms with van der Waals surface area (Å²) in [5, 5.41) is 4.73. The second-order valence-corrected chi connectivity index (χ2v) is 8.97. The number of hydrogen-bond acceptors (Lipinski definition) is 4. The van der Waals surface area contributed by atoms with Crippen molar-refractivity contribution in [3.8, 4) is 0 Å². The number of nitrogens with zero attached hydrogens (tertiary/aromatic N) is 2. The Morgan fingerprint density at radius 2 is 1.84 bits per heavy atom. The summed E-state index contributed by atoms with van der Waals surface area (Å²) in [7, 11) is 0. The van der Waals surface area contributed by atoms with E-state index >= 15 is 0 Å². The zero-order chi connectivity index (χ0) is 22.1. The van der Waals surface area contributed by atoms with Crippen LogP contribution in [-0.4, -0.2) is 10.1 Å². The molecule has 1 aliphatic rings. The molecule has 2 aromatic heterocycles. The average Bonchev–Trinajstić information content (AvgIpc) is 3.41. The van der Waals surface area contributed by atoms with Crippen molar-refractivity contribution in [3.63, 3.8) is 0 Å². The molecular formula is C25H20FN3OS2. The van der Waals surface area contributed by atoms with Gasteiger partial charge >= 0.3 is 0 Å². The normalized spacial score (nSPS) is 18.1. The van der Waals surface area contributed by atoms with Crippen LogP contribution in [0.15, 0.2) is 99.5 Å². The Kier molecular flexibility index (Phi) is 5.68. The SMILES string of the molecule is Cc1cc(N2C(=S)NC(c3ccccn3)C2c2ccc(Sc3ccccc3)o2)ccc1F. The van der Waals surface area contributed by atoms with E-state index in [0.717, 1.165) is 27.1 Å². The summed E-state index contributed by atoms with van der Waals surface area (Å²) in [5.41, 5.74) is 2.22. The predicted octanol–water partition coefficient (Wildman–Crippen LogP) is 6.45. The minimum atomic E-state index is -0.271. The molecule has 4 nitrogen and oxygen atoms in total.